The van der Waals surface area contributed by atoms with Gasteiger partial charge in [-0.15, -0.1) is 0 Å². The van der Waals surface area contributed by atoms with Crippen LogP contribution < -0.4 is 5.32 Å². The van der Waals surface area contributed by atoms with Crippen LogP contribution in [0, 0.1) is 13.8 Å². The molecule has 1 aliphatic heterocycles. The predicted molar refractivity (Wildman–Crippen MR) is 101 cm³/mol. The smallest absolute Gasteiger partial charge is 0.268 e. The molecule has 0 bridgehead atoms. The molecule has 2 heterocycles. The molecule has 4 rings (SSSR count). The number of aromatic nitrogens is 1. The van der Waals surface area contributed by atoms with Gasteiger partial charge >= 0.3 is 0 Å². The summed E-state index contributed by atoms with van der Waals surface area (Å²) < 4.78 is 24.5. The molecule has 0 fully saturated rings. The fourth-order valence-electron chi connectivity index (χ4n) is 3.70. The van der Waals surface area contributed by atoms with Crippen molar-refractivity contribution in [2.45, 2.75) is 31.2 Å². The summed E-state index contributed by atoms with van der Waals surface area (Å²) in [6.45, 7) is 4.04. The number of H-pyrrole nitrogens is 1. The fraction of sp³-hybridized carbons (Fsp3) is 0.250. The number of fused-ring (bicyclic) bond motifs is 2. The van der Waals surface area contributed by atoms with Crippen LogP contribution in [-0.2, 0) is 9.84 Å². The summed E-state index contributed by atoms with van der Waals surface area (Å²) >= 11 is 0. The highest BCUT2D eigenvalue weighted by atomic mass is 32.2. The van der Waals surface area contributed by atoms with E-state index >= 15 is 0 Å². The number of benzene rings is 2. The number of amides is 1. The molecule has 6 heteroatoms. The molecule has 5 nitrogen and oxygen atoms in total. The Morgan fingerprint density at radius 2 is 1.92 bits per heavy atom. The van der Waals surface area contributed by atoms with Gasteiger partial charge in [0.05, 0.1) is 16.7 Å². The van der Waals surface area contributed by atoms with Crippen LogP contribution in [0.5, 0.6) is 0 Å². The van der Waals surface area contributed by atoms with Crippen molar-refractivity contribution < 1.29 is 13.2 Å². The molecular formula is C20H20N2O3S. The largest absolute Gasteiger partial charge is 0.351 e. The Bertz CT molecular complexity index is 1130. The summed E-state index contributed by atoms with van der Waals surface area (Å²) in [5.74, 6) is -0.183. The van der Waals surface area contributed by atoms with E-state index in [-0.39, 0.29) is 17.7 Å². The van der Waals surface area contributed by atoms with E-state index in [1.807, 2.05) is 26.0 Å². The number of sulfone groups is 1. The van der Waals surface area contributed by atoms with Crippen LogP contribution in [0.4, 0.5) is 0 Å². The van der Waals surface area contributed by atoms with E-state index < -0.39 is 9.84 Å². The zero-order valence-corrected chi connectivity index (χ0v) is 15.5. The number of rotatable bonds is 2. The van der Waals surface area contributed by atoms with Crippen LogP contribution in [0.1, 0.15) is 39.6 Å². The molecule has 0 spiro atoms. The van der Waals surface area contributed by atoms with E-state index in [9.17, 15) is 13.2 Å². The van der Waals surface area contributed by atoms with Gasteiger partial charge in [0, 0.05) is 10.9 Å². The lowest BCUT2D eigenvalue weighted by atomic mass is 10.0. The van der Waals surface area contributed by atoms with Gasteiger partial charge < -0.3 is 10.3 Å². The van der Waals surface area contributed by atoms with E-state index in [4.69, 9.17) is 0 Å². The minimum Gasteiger partial charge on any atom is -0.351 e. The van der Waals surface area contributed by atoms with Crippen molar-refractivity contribution in [2.24, 2.45) is 0 Å². The normalized spacial score (nSPS) is 18.5. The van der Waals surface area contributed by atoms with Crippen LogP contribution in [0.25, 0.3) is 10.9 Å². The third-order valence-electron chi connectivity index (χ3n) is 4.94. The molecule has 2 aromatic carbocycles. The van der Waals surface area contributed by atoms with E-state index in [0.717, 1.165) is 22.0 Å². The number of carbonyl (C=O) groups excluding carboxylic acids is 1. The highest BCUT2D eigenvalue weighted by Crippen LogP contribution is 2.32. The minimum absolute atomic E-state index is 0.0416. The summed E-state index contributed by atoms with van der Waals surface area (Å²) in [4.78, 5) is 16.3. The number of hydrogen-bond acceptors (Lipinski definition) is 3. The maximum absolute atomic E-state index is 12.8. The first-order valence-corrected chi connectivity index (χ1v) is 10.2. The van der Waals surface area contributed by atoms with Gasteiger partial charge in [0.25, 0.3) is 5.91 Å². The van der Waals surface area contributed by atoms with Crippen LogP contribution in [0.2, 0.25) is 0 Å². The molecule has 134 valence electrons. The second-order valence-corrected chi connectivity index (χ2v) is 8.98. The molecule has 0 radical (unpaired) electrons. The van der Waals surface area contributed by atoms with Gasteiger partial charge in [-0.2, -0.15) is 0 Å². The topological polar surface area (TPSA) is 79.0 Å². The monoisotopic (exact) mass is 368 g/mol. The lowest BCUT2D eigenvalue weighted by molar-refractivity contribution is 0.0930. The second kappa shape index (κ2) is 5.99. The van der Waals surface area contributed by atoms with Crippen molar-refractivity contribution in [1.29, 1.82) is 0 Å². The maximum atomic E-state index is 12.8. The van der Waals surface area contributed by atoms with Gasteiger partial charge in [-0.3, -0.25) is 4.79 Å². The molecule has 0 aliphatic carbocycles. The second-order valence-electron chi connectivity index (χ2n) is 6.90. The molecule has 1 aromatic heterocycles. The zero-order valence-electron chi connectivity index (χ0n) is 14.7. The predicted octanol–water partition coefficient (Wildman–Crippen LogP) is 3.43. The van der Waals surface area contributed by atoms with Crippen molar-refractivity contribution >= 4 is 26.6 Å². The molecule has 1 atom stereocenters. The summed E-state index contributed by atoms with van der Waals surface area (Å²) in [5, 5.41) is 4.01. The van der Waals surface area contributed by atoms with Gasteiger partial charge in [0.2, 0.25) is 0 Å². The highest BCUT2D eigenvalue weighted by molar-refractivity contribution is 7.91. The number of aromatic amines is 1. The first-order valence-electron chi connectivity index (χ1n) is 8.58. The number of hydrogen-bond donors (Lipinski definition) is 2. The Morgan fingerprint density at radius 1 is 1.15 bits per heavy atom. The lowest BCUT2D eigenvalue weighted by Gasteiger charge is -2.26. The Hall–Kier alpha value is -2.60. The SMILES string of the molecule is Cc1cc(C)c2cc(C(=O)NC3CCS(=O)(=O)c4ccccc43)[nH]c2c1. The van der Waals surface area contributed by atoms with Crippen molar-refractivity contribution in [3.63, 3.8) is 0 Å². The third kappa shape index (κ3) is 2.80. The molecule has 3 aromatic rings. The van der Waals surface area contributed by atoms with Crippen LogP contribution in [0.3, 0.4) is 0 Å². The van der Waals surface area contributed by atoms with Gasteiger partial charge in [-0.05, 0) is 55.2 Å². The average Bonchev–Trinajstić information content (AvgIpc) is 3.02. The zero-order chi connectivity index (χ0) is 18.5. The Balaban J connectivity index is 1.66. The van der Waals surface area contributed by atoms with E-state index in [0.29, 0.717) is 22.6 Å². The summed E-state index contributed by atoms with van der Waals surface area (Å²) in [7, 11) is -3.27. The first kappa shape index (κ1) is 16.8. The first-order chi connectivity index (χ1) is 12.3. The van der Waals surface area contributed by atoms with Crippen molar-refractivity contribution in [1.82, 2.24) is 10.3 Å². The molecule has 0 saturated carbocycles. The molecule has 1 amide bonds. The Kier molecular flexibility index (Phi) is 3.88. The summed E-state index contributed by atoms with van der Waals surface area (Å²) in [6, 6.07) is 12.5. The number of nitrogens with one attached hydrogen (secondary N) is 2. The van der Waals surface area contributed by atoms with Crippen molar-refractivity contribution in [3.8, 4) is 0 Å². The average molecular weight is 368 g/mol. The maximum Gasteiger partial charge on any atom is 0.268 e. The number of carbonyl (C=O) groups is 1. The van der Waals surface area contributed by atoms with Crippen LogP contribution >= 0.6 is 0 Å². The van der Waals surface area contributed by atoms with Crippen molar-refractivity contribution in [3.05, 3.63) is 64.8 Å². The minimum atomic E-state index is -3.27. The lowest BCUT2D eigenvalue weighted by Crippen LogP contribution is -2.34. The van der Waals surface area contributed by atoms with Crippen LogP contribution in [0.15, 0.2) is 47.4 Å². The highest BCUT2D eigenvalue weighted by Gasteiger charge is 2.31. The molecule has 0 saturated heterocycles. The quantitative estimate of drug-likeness (QED) is 0.727. The van der Waals surface area contributed by atoms with Crippen molar-refractivity contribution in [2.75, 3.05) is 5.75 Å². The summed E-state index contributed by atoms with van der Waals surface area (Å²) in [5.41, 5.74) is 4.33. The Labute approximate surface area is 152 Å². The molecule has 1 unspecified atom stereocenters. The van der Waals surface area contributed by atoms with Gasteiger partial charge in [0.15, 0.2) is 9.84 Å². The Morgan fingerprint density at radius 3 is 2.73 bits per heavy atom. The fourth-order valence-corrected chi connectivity index (χ4v) is 5.32. The van der Waals surface area contributed by atoms with E-state index in [1.165, 1.54) is 0 Å². The van der Waals surface area contributed by atoms with E-state index in [1.54, 1.807) is 24.3 Å². The third-order valence-corrected chi connectivity index (χ3v) is 6.76. The summed E-state index contributed by atoms with van der Waals surface area (Å²) in [6.07, 6.45) is 0.378. The van der Waals surface area contributed by atoms with E-state index in [2.05, 4.69) is 16.4 Å². The molecule has 2 N–H and O–H groups in total. The van der Waals surface area contributed by atoms with Gasteiger partial charge in [-0.25, -0.2) is 8.42 Å². The van der Waals surface area contributed by atoms with Gasteiger partial charge in [0.1, 0.15) is 5.69 Å². The van der Waals surface area contributed by atoms with Crippen LogP contribution in [-0.4, -0.2) is 25.1 Å². The molecular weight excluding hydrogens is 348 g/mol. The molecule has 1 aliphatic rings. The standard InChI is InChI=1S/C20H20N2O3S/c1-12-9-13(2)15-11-18(21-17(15)10-12)20(23)22-16-7-8-26(24,25)19-6-4-3-5-14(16)19/h3-6,9-11,16,21H,7-8H2,1-2H3,(H,22,23). The molecule has 26 heavy (non-hydrogen) atoms. The van der Waals surface area contributed by atoms with Gasteiger partial charge in [-0.1, -0.05) is 24.3 Å². The number of aryl methyl sites for hydroxylation is 2.